The van der Waals surface area contributed by atoms with Gasteiger partial charge in [-0.25, -0.2) is 0 Å². The summed E-state index contributed by atoms with van der Waals surface area (Å²) >= 11 is 11.0. The van der Waals surface area contributed by atoms with Crippen molar-refractivity contribution in [1.29, 1.82) is 0 Å². The SMILES string of the molecule is C.CSCc1ccc(C(F)(F)F)nc1.C[S-].FC(F)(F)c1ccc(CCl)cn1.[Na+]. The molecule has 2 rings (SSSR count). The van der Waals surface area contributed by atoms with Gasteiger partial charge < -0.3 is 12.6 Å². The zero-order valence-corrected chi connectivity index (χ0v) is 19.6. The third-order valence-corrected chi connectivity index (χ3v) is 3.63. The van der Waals surface area contributed by atoms with Crippen LogP contribution in [0.2, 0.25) is 0 Å². The Kier molecular flexibility index (Phi) is 19.1. The average molecular weight is 489 g/mol. The van der Waals surface area contributed by atoms with Gasteiger partial charge >= 0.3 is 41.9 Å². The molecule has 0 aromatic carbocycles. The van der Waals surface area contributed by atoms with E-state index in [9.17, 15) is 26.3 Å². The maximum atomic E-state index is 12.0. The summed E-state index contributed by atoms with van der Waals surface area (Å²) in [6.45, 7) is 0. The Labute approximate surface area is 203 Å². The molecule has 0 N–H and O–H groups in total. The number of aromatic nitrogens is 2. The zero-order chi connectivity index (χ0) is 21.1. The first-order valence-corrected chi connectivity index (χ1v) is 9.82. The average Bonchev–Trinajstić information content (AvgIpc) is 2.63. The fourth-order valence-corrected chi connectivity index (χ4v) is 2.18. The molecule has 2 aromatic rings. The molecule has 0 saturated carbocycles. The van der Waals surface area contributed by atoms with E-state index in [1.807, 2.05) is 6.26 Å². The van der Waals surface area contributed by atoms with Gasteiger partial charge in [-0.1, -0.05) is 19.6 Å². The molecule has 0 atom stereocenters. The van der Waals surface area contributed by atoms with Crippen LogP contribution in [0.3, 0.4) is 0 Å². The van der Waals surface area contributed by atoms with E-state index in [0.29, 0.717) is 11.3 Å². The van der Waals surface area contributed by atoms with Gasteiger partial charge in [-0.2, -0.15) is 44.4 Å². The number of thioether (sulfide) groups is 1. The van der Waals surface area contributed by atoms with Crippen LogP contribution in [0.5, 0.6) is 0 Å². The second-order valence-corrected chi connectivity index (χ2v) is 5.80. The van der Waals surface area contributed by atoms with Crippen molar-refractivity contribution in [3.8, 4) is 0 Å². The number of rotatable bonds is 3. The number of pyridine rings is 2. The van der Waals surface area contributed by atoms with Crippen LogP contribution in [0, 0.1) is 0 Å². The minimum Gasteiger partial charge on any atom is -0.796 e. The van der Waals surface area contributed by atoms with Crippen LogP contribution in [0.1, 0.15) is 29.9 Å². The van der Waals surface area contributed by atoms with Gasteiger partial charge in [-0.15, -0.1) is 11.6 Å². The normalized spacial score (nSPS) is 10.3. The number of alkyl halides is 7. The molecule has 0 saturated heterocycles. The van der Waals surface area contributed by atoms with Crippen LogP contribution in [-0.4, -0.2) is 22.5 Å². The van der Waals surface area contributed by atoms with E-state index in [4.69, 9.17) is 11.6 Å². The second-order valence-electron chi connectivity index (χ2n) is 4.67. The Hall–Kier alpha value is -0.130. The van der Waals surface area contributed by atoms with Crippen LogP contribution >= 0.6 is 23.4 Å². The number of halogens is 7. The molecule has 0 radical (unpaired) electrons. The Bertz CT molecular complexity index is 653. The summed E-state index contributed by atoms with van der Waals surface area (Å²) in [5.41, 5.74) is -0.348. The molecule has 0 spiro atoms. The van der Waals surface area contributed by atoms with E-state index >= 15 is 0 Å². The maximum absolute atomic E-state index is 12.0. The van der Waals surface area contributed by atoms with Crippen molar-refractivity contribution in [1.82, 2.24) is 9.97 Å². The van der Waals surface area contributed by atoms with E-state index in [0.717, 1.165) is 23.9 Å². The van der Waals surface area contributed by atoms with Crippen molar-refractivity contribution in [3.05, 3.63) is 59.2 Å². The van der Waals surface area contributed by atoms with Crippen molar-refractivity contribution < 1.29 is 55.9 Å². The van der Waals surface area contributed by atoms with Crippen LogP contribution in [0.4, 0.5) is 26.3 Å². The van der Waals surface area contributed by atoms with Crippen LogP contribution in [0.25, 0.3) is 0 Å². The van der Waals surface area contributed by atoms with Gasteiger partial charge in [0.25, 0.3) is 0 Å². The molecule has 0 fully saturated rings. The molecule has 160 valence electrons. The van der Waals surface area contributed by atoms with Gasteiger partial charge in [0.05, 0.1) is 0 Å². The van der Waals surface area contributed by atoms with E-state index < -0.39 is 23.7 Å². The summed E-state index contributed by atoms with van der Waals surface area (Å²) in [5.74, 6) is 0.857. The Balaban J connectivity index is -0.000000404. The van der Waals surface area contributed by atoms with Crippen LogP contribution in [-0.2, 0) is 36.6 Å². The predicted molar refractivity (Wildman–Crippen MR) is 105 cm³/mol. The molecule has 2 heterocycles. The molecule has 0 aliphatic heterocycles. The van der Waals surface area contributed by atoms with Crippen molar-refractivity contribution in [3.63, 3.8) is 0 Å². The van der Waals surface area contributed by atoms with Crippen LogP contribution < -0.4 is 29.6 Å². The molecule has 2 aromatic heterocycles. The van der Waals surface area contributed by atoms with Gasteiger partial charge in [0.1, 0.15) is 11.4 Å². The Morgan fingerprint density at radius 2 is 1.24 bits per heavy atom. The Morgan fingerprint density at radius 1 is 0.862 bits per heavy atom. The van der Waals surface area contributed by atoms with Gasteiger partial charge in [-0.05, 0) is 29.5 Å². The zero-order valence-electron chi connectivity index (χ0n) is 15.2. The third kappa shape index (κ3) is 13.7. The number of hydrogen-bond donors (Lipinski definition) is 0. The Morgan fingerprint density at radius 3 is 1.48 bits per heavy atom. The summed E-state index contributed by atoms with van der Waals surface area (Å²) < 4.78 is 71.9. The monoisotopic (exact) mass is 488 g/mol. The topological polar surface area (TPSA) is 25.8 Å². The van der Waals surface area contributed by atoms with Crippen molar-refractivity contribution >= 4 is 36.0 Å². The van der Waals surface area contributed by atoms with E-state index in [-0.39, 0.29) is 42.9 Å². The first-order valence-electron chi connectivity index (χ1n) is 7.08. The van der Waals surface area contributed by atoms with Crippen molar-refractivity contribution in [2.45, 2.75) is 31.4 Å². The van der Waals surface area contributed by atoms with Gasteiger partial charge in [0.15, 0.2) is 0 Å². The standard InChI is InChI=1S/C8H8F3NS.C7H5ClF3N.CH4S.CH4.Na/c1-13-5-6-2-3-7(12-4-6)8(9,10)11;8-3-5-1-2-6(12-4-5)7(9,10)11;1-2;;/h2-4H,5H2,1H3;1-2,4H,3H2;2H,1H3;1H4;/q;;;;+1/p-1. The maximum Gasteiger partial charge on any atom is 1.00 e. The van der Waals surface area contributed by atoms with Crippen molar-refractivity contribution in [2.75, 3.05) is 12.5 Å². The quantitative estimate of drug-likeness (QED) is 0.285. The summed E-state index contributed by atoms with van der Waals surface area (Å²) in [5, 5.41) is 0. The van der Waals surface area contributed by atoms with Crippen molar-refractivity contribution in [2.24, 2.45) is 0 Å². The largest absolute Gasteiger partial charge is 1.00 e. The second kappa shape index (κ2) is 16.5. The molecule has 12 heteroatoms. The first kappa shape index (κ1) is 33.5. The number of hydrogen-bond acceptors (Lipinski definition) is 4. The first-order chi connectivity index (χ1) is 12.6. The molecule has 0 unspecified atom stereocenters. The minimum atomic E-state index is -4.37. The van der Waals surface area contributed by atoms with Gasteiger partial charge in [0, 0.05) is 24.0 Å². The predicted octanol–water partition coefficient (Wildman–Crippen LogP) is 3.61. The molecular weight excluding hydrogens is 469 g/mol. The van der Waals surface area contributed by atoms with Crippen LogP contribution in [0.15, 0.2) is 36.7 Å². The molecule has 0 aliphatic rings. The molecule has 2 nitrogen and oxygen atoms in total. The smallest absolute Gasteiger partial charge is 0.796 e. The summed E-state index contributed by atoms with van der Waals surface area (Å²) in [7, 11) is 0. The fourth-order valence-electron chi connectivity index (χ4n) is 1.52. The number of nitrogens with zero attached hydrogens (tertiary/aromatic N) is 2. The summed E-state index contributed by atoms with van der Waals surface area (Å²) in [4.78, 5) is 6.54. The van der Waals surface area contributed by atoms with E-state index in [1.165, 1.54) is 18.3 Å². The fraction of sp³-hybridized carbons (Fsp3) is 0.412. The molecule has 0 aliphatic carbocycles. The van der Waals surface area contributed by atoms with Gasteiger partial charge in [0.2, 0.25) is 0 Å². The van der Waals surface area contributed by atoms with E-state index in [2.05, 4.69) is 22.6 Å². The van der Waals surface area contributed by atoms with Gasteiger partial charge in [-0.3, -0.25) is 9.97 Å². The minimum absolute atomic E-state index is 0. The third-order valence-electron chi connectivity index (χ3n) is 2.70. The molecule has 0 amide bonds. The summed E-state index contributed by atoms with van der Waals surface area (Å²) in [6, 6.07) is 4.68. The molecule has 0 bridgehead atoms. The summed E-state index contributed by atoms with van der Waals surface area (Å²) in [6.07, 6.45) is -2.85. The molecular formula is C17H20ClF6N2NaS2. The molecule has 29 heavy (non-hydrogen) atoms. The van der Waals surface area contributed by atoms with E-state index in [1.54, 1.807) is 18.0 Å².